The summed E-state index contributed by atoms with van der Waals surface area (Å²) in [6.45, 7) is 12.4. The van der Waals surface area contributed by atoms with Crippen LogP contribution in [0.25, 0.3) is 0 Å². The molecule has 17 heavy (non-hydrogen) atoms. The number of thiophene rings is 1. The zero-order chi connectivity index (χ0) is 12.8. The maximum absolute atomic E-state index is 3.70. The van der Waals surface area contributed by atoms with Gasteiger partial charge in [-0.1, -0.05) is 20.8 Å². The molecule has 0 saturated carbocycles. The fourth-order valence-electron chi connectivity index (χ4n) is 2.18. The lowest BCUT2D eigenvalue weighted by Gasteiger charge is -2.19. The molecule has 0 radical (unpaired) electrons. The Hall–Kier alpha value is -0.340. The van der Waals surface area contributed by atoms with Crippen LogP contribution in [0.5, 0.6) is 0 Å². The normalized spacial score (nSPS) is 13.3. The lowest BCUT2D eigenvalue weighted by Crippen LogP contribution is -2.22. The van der Waals surface area contributed by atoms with E-state index < -0.39 is 0 Å². The standard InChI is InChI=1S/C15H27NS/c1-6-9-16-15(8-7-11(2)3)14-10-12(4)17-13(14)5/h10-11,15-16H,6-9H2,1-5H3. The monoisotopic (exact) mass is 253 g/mol. The van der Waals surface area contributed by atoms with Crippen molar-refractivity contribution in [3.63, 3.8) is 0 Å². The van der Waals surface area contributed by atoms with Gasteiger partial charge < -0.3 is 5.32 Å². The van der Waals surface area contributed by atoms with Crippen LogP contribution in [-0.2, 0) is 0 Å². The summed E-state index contributed by atoms with van der Waals surface area (Å²) in [4.78, 5) is 2.92. The van der Waals surface area contributed by atoms with Crippen LogP contribution in [-0.4, -0.2) is 6.54 Å². The first-order valence-corrected chi connectivity index (χ1v) is 7.66. The molecule has 1 rings (SSSR count). The second kappa shape index (κ2) is 7.17. The zero-order valence-corrected chi connectivity index (χ0v) is 12.8. The topological polar surface area (TPSA) is 12.0 Å². The Morgan fingerprint density at radius 3 is 2.41 bits per heavy atom. The van der Waals surface area contributed by atoms with Crippen molar-refractivity contribution in [2.45, 2.75) is 59.9 Å². The van der Waals surface area contributed by atoms with Crippen LogP contribution >= 0.6 is 11.3 Å². The van der Waals surface area contributed by atoms with Gasteiger partial charge in [-0.05, 0) is 57.2 Å². The first-order chi connectivity index (χ1) is 8.04. The summed E-state index contributed by atoms with van der Waals surface area (Å²) in [6, 6.07) is 2.93. The smallest absolute Gasteiger partial charge is 0.0331 e. The number of nitrogens with one attached hydrogen (secondary N) is 1. The van der Waals surface area contributed by atoms with Crippen molar-refractivity contribution in [2.24, 2.45) is 5.92 Å². The van der Waals surface area contributed by atoms with Gasteiger partial charge in [-0.25, -0.2) is 0 Å². The molecule has 1 heterocycles. The number of aryl methyl sites for hydroxylation is 2. The first-order valence-electron chi connectivity index (χ1n) is 6.84. The molecule has 0 spiro atoms. The van der Waals surface area contributed by atoms with Gasteiger partial charge in [0.25, 0.3) is 0 Å². The summed E-state index contributed by atoms with van der Waals surface area (Å²) in [5.74, 6) is 0.793. The van der Waals surface area contributed by atoms with E-state index in [0.29, 0.717) is 6.04 Å². The maximum atomic E-state index is 3.70. The SMILES string of the molecule is CCCNC(CCC(C)C)c1cc(C)sc1C. The van der Waals surface area contributed by atoms with E-state index in [1.54, 1.807) is 0 Å². The summed E-state index contributed by atoms with van der Waals surface area (Å²) < 4.78 is 0. The molecule has 0 fully saturated rings. The minimum absolute atomic E-state index is 0.558. The number of hydrogen-bond acceptors (Lipinski definition) is 2. The first kappa shape index (κ1) is 14.7. The van der Waals surface area contributed by atoms with Crippen LogP contribution in [0.4, 0.5) is 0 Å². The molecule has 0 aromatic carbocycles. The second-order valence-corrected chi connectivity index (χ2v) is 6.81. The summed E-state index contributed by atoms with van der Waals surface area (Å²) in [7, 11) is 0. The van der Waals surface area contributed by atoms with Gasteiger partial charge >= 0.3 is 0 Å². The summed E-state index contributed by atoms with van der Waals surface area (Å²) in [5, 5.41) is 3.70. The van der Waals surface area contributed by atoms with Gasteiger partial charge in [0.05, 0.1) is 0 Å². The van der Waals surface area contributed by atoms with Crippen LogP contribution in [0.15, 0.2) is 6.07 Å². The molecule has 0 aliphatic rings. The van der Waals surface area contributed by atoms with E-state index in [0.717, 1.165) is 12.5 Å². The molecule has 1 N–H and O–H groups in total. The Labute approximate surface area is 111 Å². The quantitative estimate of drug-likeness (QED) is 0.733. The largest absolute Gasteiger partial charge is 0.310 e. The third kappa shape index (κ3) is 4.81. The highest BCUT2D eigenvalue weighted by Gasteiger charge is 2.15. The van der Waals surface area contributed by atoms with Gasteiger partial charge in [0.15, 0.2) is 0 Å². The molecule has 2 heteroatoms. The van der Waals surface area contributed by atoms with Gasteiger partial charge in [0.2, 0.25) is 0 Å². The van der Waals surface area contributed by atoms with Gasteiger partial charge in [-0.15, -0.1) is 11.3 Å². The summed E-state index contributed by atoms with van der Waals surface area (Å²) in [6.07, 6.45) is 3.77. The van der Waals surface area contributed by atoms with E-state index in [4.69, 9.17) is 0 Å². The second-order valence-electron chi connectivity index (χ2n) is 5.35. The molecule has 98 valence electrons. The molecule has 1 atom stereocenters. The molecular weight excluding hydrogens is 226 g/mol. The molecule has 0 bridgehead atoms. The third-order valence-electron chi connectivity index (χ3n) is 3.13. The minimum Gasteiger partial charge on any atom is -0.310 e. The molecule has 1 unspecified atom stereocenters. The van der Waals surface area contributed by atoms with E-state index in [-0.39, 0.29) is 0 Å². The van der Waals surface area contributed by atoms with Gasteiger partial charge in [-0.3, -0.25) is 0 Å². The Morgan fingerprint density at radius 1 is 1.24 bits per heavy atom. The average Bonchev–Trinajstić information content (AvgIpc) is 2.58. The van der Waals surface area contributed by atoms with Gasteiger partial charge in [0.1, 0.15) is 0 Å². The highest BCUT2D eigenvalue weighted by Crippen LogP contribution is 2.29. The molecular formula is C15H27NS. The predicted octanol–water partition coefficient (Wildman–Crippen LogP) is 4.84. The highest BCUT2D eigenvalue weighted by atomic mass is 32.1. The van der Waals surface area contributed by atoms with Crippen LogP contribution in [0.2, 0.25) is 0 Å². The van der Waals surface area contributed by atoms with Crippen LogP contribution in [0.3, 0.4) is 0 Å². The Balaban J connectivity index is 2.70. The van der Waals surface area contributed by atoms with Crippen LogP contribution < -0.4 is 5.32 Å². The van der Waals surface area contributed by atoms with Crippen molar-refractivity contribution < 1.29 is 0 Å². The van der Waals surface area contributed by atoms with Crippen molar-refractivity contribution >= 4 is 11.3 Å². The fourth-order valence-corrected chi connectivity index (χ4v) is 3.17. The van der Waals surface area contributed by atoms with Gasteiger partial charge in [-0.2, -0.15) is 0 Å². The van der Waals surface area contributed by atoms with Crippen molar-refractivity contribution in [2.75, 3.05) is 6.54 Å². The van der Waals surface area contributed by atoms with E-state index in [1.807, 2.05) is 11.3 Å². The lowest BCUT2D eigenvalue weighted by atomic mass is 9.98. The number of rotatable bonds is 7. The Morgan fingerprint density at radius 2 is 1.94 bits per heavy atom. The molecule has 0 aliphatic heterocycles. The minimum atomic E-state index is 0.558. The van der Waals surface area contributed by atoms with E-state index >= 15 is 0 Å². The molecule has 0 saturated heterocycles. The molecule has 1 nitrogen and oxygen atoms in total. The summed E-state index contributed by atoms with van der Waals surface area (Å²) in [5.41, 5.74) is 1.53. The van der Waals surface area contributed by atoms with E-state index in [1.165, 1.54) is 34.6 Å². The van der Waals surface area contributed by atoms with Gasteiger partial charge in [0, 0.05) is 15.8 Å². The molecule has 0 aliphatic carbocycles. The van der Waals surface area contributed by atoms with Crippen molar-refractivity contribution in [1.82, 2.24) is 5.32 Å². The summed E-state index contributed by atoms with van der Waals surface area (Å²) >= 11 is 1.93. The predicted molar refractivity (Wildman–Crippen MR) is 78.9 cm³/mol. The van der Waals surface area contributed by atoms with E-state index in [2.05, 4.69) is 46.0 Å². The van der Waals surface area contributed by atoms with Crippen LogP contribution in [0, 0.1) is 19.8 Å². The maximum Gasteiger partial charge on any atom is 0.0331 e. The fraction of sp³-hybridized carbons (Fsp3) is 0.733. The van der Waals surface area contributed by atoms with Crippen LogP contribution in [0.1, 0.15) is 61.4 Å². The third-order valence-corrected chi connectivity index (χ3v) is 4.11. The lowest BCUT2D eigenvalue weighted by molar-refractivity contribution is 0.440. The Bertz CT molecular complexity index is 328. The average molecular weight is 253 g/mol. The molecule has 0 amide bonds. The molecule has 1 aromatic rings. The number of hydrogen-bond donors (Lipinski definition) is 1. The highest BCUT2D eigenvalue weighted by molar-refractivity contribution is 7.12. The van der Waals surface area contributed by atoms with Crippen molar-refractivity contribution in [3.05, 3.63) is 21.4 Å². The van der Waals surface area contributed by atoms with Crippen molar-refractivity contribution in [3.8, 4) is 0 Å². The zero-order valence-electron chi connectivity index (χ0n) is 12.0. The van der Waals surface area contributed by atoms with Crippen molar-refractivity contribution in [1.29, 1.82) is 0 Å². The van der Waals surface area contributed by atoms with E-state index in [9.17, 15) is 0 Å². The Kier molecular flexibility index (Phi) is 6.21. The molecule has 1 aromatic heterocycles.